The average molecular weight is 417 g/mol. The first-order valence-corrected chi connectivity index (χ1v) is 8.81. The average Bonchev–Trinajstić information content (AvgIpc) is 2.63. The van der Waals surface area contributed by atoms with Crippen molar-refractivity contribution < 1.29 is 9.90 Å². The fourth-order valence-electron chi connectivity index (χ4n) is 2.52. The van der Waals surface area contributed by atoms with Crippen molar-refractivity contribution in [3.8, 4) is 0 Å². The molecule has 0 fully saturated rings. The second kappa shape index (κ2) is 7.83. The number of anilines is 1. The van der Waals surface area contributed by atoms with E-state index >= 15 is 0 Å². The minimum atomic E-state index is -0.894. The van der Waals surface area contributed by atoms with Gasteiger partial charge in [0, 0.05) is 20.7 Å². The maximum Gasteiger partial charge on any atom is 0.256 e. The van der Waals surface area contributed by atoms with Crippen molar-refractivity contribution in [1.29, 1.82) is 0 Å². The molecule has 126 valence electrons. The van der Waals surface area contributed by atoms with Crippen LogP contribution in [0.1, 0.15) is 27.6 Å². The lowest BCUT2D eigenvalue weighted by Crippen LogP contribution is -2.15. The van der Waals surface area contributed by atoms with Gasteiger partial charge in [0.05, 0.1) is 5.56 Å². The van der Waals surface area contributed by atoms with Gasteiger partial charge in [0.15, 0.2) is 0 Å². The molecule has 1 atom stereocenters. The molecule has 0 saturated carbocycles. The number of halogens is 2. The van der Waals surface area contributed by atoms with E-state index in [4.69, 9.17) is 11.6 Å². The molecule has 3 aromatic rings. The monoisotopic (exact) mass is 415 g/mol. The standard InChI is InChI=1S/C20H15BrClNO2/c21-17-9-5-4-8-15(17)20(25)23-18-11-10-14(22)12-16(18)19(24)13-6-2-1-3-7-13/h1-12,19,24H,(H,23,25)/t19-/m0/s1. The molecule has 3 rings (SSSR count). The maximum absolute atomic E-state index is 12.6. The molecule has 0 aliphatic carbocycles. The van der Waals surface area contributed by atoms with Crippen LogP contribution in [0.5, 0.6) is 0 Å². The van der Waals surface area contributed by atoms with Crippen LogP contribution in [0, 0.1) is 0 Å². The zero-order valence-corrected chi connectivity index (χ0v) is 15.5. The summed E-state index contributed by atoms with van der Waals surface area (Å²) in [5.74, 6) is -0.267. The number of hydrogen-bond acceptors (Lipinski definition) is 2. The number of aliphatic hydroxyl groups excluding tert-OH is 1. The second-order valence-corrected chi connectivity index (χ2v) is 6.77. The van der Waals surface area contributed by atoms with E-state index < -0.39 is 6.10 Å². The van der Waals surface area contributed by atoms with E-state index in [1.165, 1.54) is 0 Å². The fourth-order valence-corrected chi connectivity index (χ4v) is 3.17. The largest absolute Gasteiger partial charge is 0.384 e. The molecule has 25 heavy (non-hydrogen) atoms. The maximum atomic E-state index is 12.6. The van der Waals surface area contributed by atoms with E-state index in [-0.39, 0.29) is 5.91 Å². The third-order valence-electron chi connectivity index (χ3n) is 3.79. The lowest BCUT2D eigenvalue weighted by atomic mass is 9.99. The minimum Gasteiger partial charge on any atom is -0.384 e. The lowest BCUT2D eigenvalue weighted by Gasteiger charge is -2.17. The molecule has 0 aliphatic rings. The summed E-state index contributed by atoms with van der Waals surface area (Å²) < 4.78 is 0.701. The van der Waals surface area contributed by atoms with Crippen molar-refractivity contribution in [1.82, 2.24) is 0 Å². The molecule has 0 unspecified atom stereocenters. The summed E-state index contributed by atoms with van der Waals surface area (Å²) in [6.07, 6.45) is -0.894. The summed E-state index contributed by atoms with van der Waals surface area (Å²) in [5, 5.41) is 14.1. The Morgan fingerprint density at radius 3 is 2.40 bits per heavy atom. The molecule has 0 aromatic heterocycles. The predicted octanol–water partition coefficient (Wildman–Crippen LogP) is 5.44. The second-order valence-electron chi connectivity index (χ2n) is 5.48. The van der Waals surface area contributed by atoms with Crippen molar-refractivity contribution in [2.75, 3.05) is 5.32 Å². The predicted molar refractivity (Wildman–Crippen MR) is 104 cm³/mol. The van der Waals surface area contributed by atoms with Crippen molar-refractivity contribution in [3.63, 3.8) is 0 Å². The van der Waals surface area contributed by atoms with Gasteiger partial charge in [-0.3, -0.25) is 4.79 Å². The van der Waals surface area contributed by atoms with Crippen molar-refractivity contribution >= 4 is 39.1 Å². The van der Waals surface area contributed by atoms with Gasteiger partial charge in [0.25, 0.3) is 5.91 Å². The van der Waals surface area contributed by atoms with Crippen LogP contribution >= 0.6 is 27.5 Å². The third-order valence-corrected chi connectivity index (χ3v) is 4.72. The van der Waals surface area contributed by atoms with Gasteiger partial charge >= 0.3 is 0 Å². The Balaban J connectivity index is 1.95. The Morgan fingerprint density at radius 2 is 1.68 bits per heavy atom. The van der Waals surface area contributed by atoms with Gasteiger partial charge in [-0.25, -0.2) is 0 Å². The van der Waals surface area contributed by atoms with Crippen LogP contribution in [0.25, 0.3) is 0 Å². The van der Waals surface area contributed by atoms with Crippen molar-refractivity contribution in [2.45, 2.75) is 6.10 Å². The molecule has 1 amide bonds. The number of aliphatic hydroxyl groups is 1. The Morgan fingerprint density at radius 1 is 1.00 bits per heavy atom. The van der Waals surface area contributed by atoms with E-state index in [0.29, 0.717) is 26.3 Å². The number of rotatable bonds is 4. The van der Waals surface area contributed by atoms with Crippen LogP contribution in [-0.4, -0.2) is 11.0 Å². The summed E-state index contributed by atoms with van der Waals surface area (Å²) >= 11 is 9.47. The summed E-state index contributed by atoms with van der Waals surface area (Å²) in [5.41, 5.74) is 2.29. The molecule has 2 N–H and O–H groups in total. The first kappa shape index (κ1) is 17.7. The zero-order chi connectivity index (χ0) is 17.8. The van der Waals surface area contributed by atoms with Crippen LogP contribution in [-0.2, 0) is 0 Å². The Bertz CT molecular complexity index is 899. The highest BCUT2D eigenvalue weighted by Crippen LogP contribution is 2.31. The summed E-state index contributed by atoms with van der Waals surface area (Å²) in [6.45, 7) is 0. The Labute approximate surface area is 159 Å². The minimum absolute atomic E-state index is 0.267. The number of nitrogens with one attached hydrogen (secondary N) is 1. The van der Waals surface area contributed by atoms with Gasteiger partial charge in [-0.1, -0.05) is 54.1 Å². The fraction of sp³-hybridized carbons (Fsp3) is 0.0500. The van der Waals surface area contributed by atoms with Gasteiger partial charge in [-0.05, 0) is 51.8 Å². The highest BCUT2D eigenvalue weighted by atomic mass is 79.9. The summed E-state index contributed by atoms with van der Waals surface area (Å²) in [7, 11) is 0. The molecule has 0 radical (unpaired) electrons. The van der Waals surface area contributed by atoms with Gasteiger partial charge in [0.2, 0.25) is 0 Å². The molecule has 5 heteroatoms. The molecular weight excluding hydrogens is 402 g/mol. The molecule has 0 heterocycles. The zero-order valence-electron chi connectivity index (χ0n) is 13.1. The number of amides is 1. The molecule has 3 aromatic carbocycles. The Hall–Kier alpha value is -2.14. The van der Waals surface area contributed by atoms with Crippen LogP contribution in [0.15, 0.2) is 77.3 Å². The topological polar surface area (TPSA) is 49.3 Å². The van der Waals surface area contributed by atoms with Gasteiger partial charge in [-0.2, -0.15) is 0 Å². The van der Waals surface area contributed by atoms with Crippen LogP contribution in [0.2, 0.25) is 5.02 Å². The normalized spacial score (nSPS) is 11.8. The summed E-state index contributed by atoms with van der Waals surface area (Å²) in [6, 6.07) is 21.4. The first-order chi connectivity index (χ1) is 12.1. The SMILES string of the molecule is O=C(Nc1ccc(Cl)cc1[C@@H](O)c1ccccc1)c1ccccc1Br. The third kappa shape index (κ3) is 4.10. The van der Waals surface area contributed by atoms with E-state index in [9.17, 15) is 9.90 Å². The Kier molecular flexibility index (Phi) is 5.53. The van der Waals surface area contributed by atoms with E-state index in [1.807, 2.05) is 36.4 Å². The van der Waals surface area contributed by atoms with Crippen LogP contribution in [0.3, 0.4) is 0 Å². The van der Waals surface area contributed by atoms with Gasteiger partial charge in [-0.15, -0.1) is 0 Å². The molecule has 0 spiro atoms. The van der Waals surface area contributed by atoms with Crippen LogP contribution < -0.4 is 5.32 Å². The molecule has 3 nitrogen and oxygen atoms in total. The van der Waals surface area contributed by atoms with E-state index in [1.54, 1.807) is 36.4 Å². The van der Waals surface area contributed by atoms with Gasteiger partial charge in [0.1, 0.15) is 6.10 Å². The number of carbonyl (C=O) groups is 1. The van der Waals surface area contributed by atoms with Crippen LogP contribution in [0.4, 0.5) is 5.69 Å². The van der Waals surface area contributed by atoms with E-state index in [2.05, 4.69) is 21.2 Å². The summed E-state index contributed by atoms with van der Waals surface area (Å²) in [4.78, 5) is 12.6. The molecule has 0 saturated heterocycles. The lowest BCUT2D eigenvalue weighted by molar-refractivity contribution is 0.102. The van der Waals surface area contributed by atoms with E-state index in [0.717, 1.165) is 5.56 Å². The quantitative estimate of drug-likeness (QED) is 0.595. The van der Waals surface area contributed by atoms with Gasteiger partial charge < -0.3 is 10.4 Å². The smallest absolute Gasteiger partial charge is 0.256 e. The first-order valence-electron chi connectivity index (χ1n) is 7.64. The van der Waals surface area contributed by atoms with Crippen molar-refractivity contribution in [2.24, 2.45) is 0 Å². The molecule has 0 aliphatic heterocycles. The number of hydrogen-bond donors (Lipinski definition) is 2. The number of benzene rings is 3. The number of carbonyl (C=O) groups excluding carboxylic acids is 1. The molecular formula is C20H15BrClNO2. The highest BCUT2D eigenvalue weighted by molar-refractivity contribution is 9.10. The van der Waals surface area contributed by atoms with Crippen molar-refractivity contribution in [3.05, 3.63) is 99.0 Å². The highest BCUT2D eigenvalue weighted by Gasteiger charge is 2.18. The molecule has 0 bridgehead atoms.